The zero-order chi connectivity index (χ0) is 19.3. The predicted octanol–water partition coefficient (Wildman–Crippen LogP) is 2.14. The Hall–Kier alpha value is -1.90. The van der Waals surface area contributed by atoms with Crippen molar-refractivity contribution in [1.29, 1.82) is 0 Å². The number of sulfonamides is 1. The second kappa shape index (κ2) is 8.86. The van der Waals surface area contributed by atoms with Crippen molar-refractivity contribution in [2.24, 2.45) is 5.92 Å². The standard InChI is InChI=1S/C18H23ClN4O3S/c19-16-3-5-17(6-4-16)27(25,26)23-13-7-15(8-14-23)18(24)20-9-1-11-22-12-2-10-21-22/h2-6,10,12,15H,1,7-9,11,13-14H2,(H,20,24). The largest absolute Gasteiger partial charge is 0.356 e. The number of hydrogen-bond donors (Lipinski definition) is 1. The van der Waals surface area contributed by atoms with Gasteiger partial charge in [-0.1, -0.05) is 11.6 Å². The summed E-state index contributed by atoms with van der Waals surface area (Å²) in [5.74, 6) is -0.148. The number of piperidine rings is 1. The fourth-order valence-corrected chi connectivity index (χ4v) is 4.74. The molecule has 1 aromatic carbocycles. The first-order valence-corrected chi connectivity index (χ1v) is 10.8. The quantitative estimate of drug-likeness (QED) is 0.709. The fourth-order valence-electron chi connectivity index (χ4n) is 3.14. The van der Waals surface area contributed by atoms with Crippen molar-refractivity contribution in [2.75, 3.05) is 19.6 Å². The summed E-state index contributed by atoms with van der Waals surface area (Å²) in [6.45, 7) is 2.03. The Kier molecular flexibility index (Phi) is 6.51. The smallest absolute Gasteiger partial charge is 0.243 e. The van der Waals surface area contributed by atoms with Crippen molar-refractivity contribution in [3.8, 4) is 0 Å². The first-order valence-electron chi connectivity index (χ1n) is 8.97. The van der Waals surface area contributed by atoms with Crippen LogP contribution in [0.5, 0.6) is 0 Å². The normalized spacial score (nSPS) is 16.3. The zero-order valence-electron chi connectivity index (χ0n) is 14.9. The van der Waals surface area contributed by atoms with Gasteiger partial charge in [0, 0.05) is 49.5 Å². The lowest BCUT2D eigenvalue weighted by Crippen LogP contribution is -2.43. The highest BCUT2D eigenvalue weighted by atomic mass is 35.5. The van der Waals surface area contributed by atoms with Gasteiger partial charge in [0.15, 0.2) is 0 Å². The molecule has 0 unspecified atom stereocenters. The molecule has 0 atom stereocenters. The third kappa shape index (κ3) is 5.09. The van der Waals surface area contributed by atoms with E-state index < -0.39 is 10.0 Å². The minimum atomic E-state index is -3.54. The van der Waals surface area contributed by atoms with Crippen molar-refractivity contribution < 1.29 is 13.2 Å². The van der Waals surface area contributed by atoms with E-state index in [2.05, 4.69) is 10.4 Å². The highest BCUT2D eigenvalue weighted by Crippen LogP contribution is 2.24. The summed E-state index contributed by atoms with van der Waals surface area (Å²) in [6, 6.07) is 8.02. The third-order valence-electron chi connectivity index (χ3n) is 4.70. The van der Waals surface area contributed by atoms with Gasteiger partial charge in [0.25, 0.3) is 0 Å². The number of aromatic nitrogens is 2. The van der Waals surface area contributed by atoms with Gasteiger partial charge in [0.05, 0.1) is 4.90 Å². The van der Waals surface area contributed by atoms with E-state index in [1.807, 2.05) is 16.9 Å². The fraction of sp³-hybridized carbons (Fsp3) is 0.444. The number of hydrogen-bond acceptors (Lipinski definition) is 4. The molecule has 2 heterocycles. The van der Waals surface area contributed by atoms with Crippen LogP contribution in [0.4, 0.5) is 0 Å². The molecule has 1 aromatic heterocycles. The Morgan fingerprint density at radius 1 is 1.22 bits per heavy atom. The molecule has 0 bridgehead atoms. The molecule has 2 aromatic rings. The van der Waals surface area contributed by atoms with E-state index in [-0.39, 0.29) is 16.7 Å². The summed E-state index contributed by atoms with van der Waals surface area (Å²) in [5, 5.41) is 7.56. The van der Waals surface area contributed by atoms with Gasteiger partial charge in [0.1, 0.15) is 0 Å². The average Bonchev–Trinajstić information content (AvgIpc) is 3.19. The van der Waals surface area contributed by atoms with Gasteiger partial charge >= 0.3 is 0 Å². The lowest BCUT2D eigenvalue weighted by molar-refractivity contribution is -0.126. The van der Waals surface area contributed by atoms with E-state index in [9.17, 15) is 13.2 Å². The van der Waals surface area contributed by atoms with E-state index >= 15 is 0 Å². The van der Waals surface area contributed by atoms with Gasteiger partial charge in [-0.2, -0.15) is 9.40 Å². The van der Waals surface area contributed by atoms with Crippen LogP contribution in [-0.4, -0.2) is 48.0 Å². The van der Waals surface area contributed by atoms with Crippen LogP contribution in [-0.2, 0) is 21.4 Å². The number of nitrogens with one attached hydrogen (secondary N) is 1. The predicted molar refractivity (Wildman–Crippen MR) is 103 cm³/mol. The molecule has 1 N–H and O–H groups in total. The van der Waals surface area contributed by atoms with Crippen LogP contribution in [0, 0.1) is 5.92 Å². The van der Waals surface area contributed by atoms with Crippen LogP contribution in [0.25, 0.3) is 0 Å². The molecule has 0 saturated carbocycles. The molecule has 1 amide bonds. The Morgan fingerprint density at radius 2 is 1.93 bits per heavy atom. The Morgan fingerprint density at radius 3 is 2.56 bits per heavy atom. The van der Waals surface area contributed by atoms with Crippen molar-refractivity contribution in [3.05, 3.63) is 47.7 Å². The van der Waals surface area contributed by atoms with Crippen molar-refractivity contribution in [2.45, 2.75) is 30.7 Å². The SMILES string of the molecule is O=C(NCCCn1cccn1)C1CCN(S(=O)(=O)c2ccc(Cl)cc2)CC1. The highest BCUT2D eigenvalue weighted by molar-refractivity contribution is 7.89. The zero-order valence-corrected chi connectivity index (χ0v) is 16.5. The Bertz CT molecular complexity index is 845. The average molecular weight is 411 g/mol. The topological polar surface area (TPSA) is 84.3 Å². The number of amides is 1. The summed E-state index contributed by atoms with van der Waals surface area (Å²) >= 11 is 5.82. The molecule has 0 spiro atoms. The number of halogens is 1. The van der Waals surface area contributed by atoms with E-state index in [4.69, 9.17) is 11.6 Å². The Balaban J connectivity index is 1.45. The number of aryl methyl sites for hydroxylation is 1. The number of carbonyl (C=O) groups excluding carboxylic acids is 1. The van der Waals surface area contributed by atoms with Crippen LogP contribution in [0.3, 0.4) is 0 Å². The van der Waals surface area contributed by atoms with E-state index in [0.29, 0.717) is 37.5 Å². The molecule has 7 nitrogen and oxygen atoms in total. The molecular weight excluding hydrogens is 388 g/mol. The highest BCUT2D eigenvalue weighted by Gasteiger charge is 2.31. The van der Waals surface area contributed by atoms with Crippen LogP contribution < -0.4 is 5.32 Å². The van der Waals surface area contributed by atoms with Gasteiger partial charge < -0.3 is 5.32 Å². The summed E-state index contributed by atoms with van der Waals surface area (Å²) in [5.41, 5.74) is 0. The van der Waals surface area contributed by atoms with Crippen LogP contribution >= 0.6 is 11.6 Å². The number of benzene rings is 1. The summed E-state index contributed by atoms with van der Waals surface area (Å²) in [4.78, 5) is 12.5. The number of nitrogens with zero attached hydrogens (tertiary/aromatic N) is 3. The van der Waals surface area contributed by atoms with Gasteiger partial charge in [-0.15, -0.1) is 0 Å². The third-order valence-corrected chi connectivity index (χ3v) is 6.86. The minimum absolute atomic E-state index is 0.000920. The molecule has 3 rings (SSSR count). The summed E-state index contributed by atoms with van der Waals surface area (Å²) in [7, 11) is -3.54. The minimum Gasteiger partial charge on any atom is -0.356 e. The van der Waals surface area contributed by atoms with Gasteiger partial charge in [-0.25, -0.2) is 8.42 Å². The lowest BCUT2D eigenvalue weighted by Gasteiger charge is -2.30. The number of rotatable bonds is 7. The summed E-state index contributed by atoms with van der Waals surface area (Å²) in [6.07, 6.45) is 5.47. The van der Waals surface area contributed by atoms with Gasteiger partial charge in [0.2, 0.25) is 15.9 Å². The van der Waals surface area contributed by atoms with Crippen LogP contribution in [0.2, 0.25) is 5.02 Å². The second-order valence-electron chi connectivity index (χ2n) is 6.55. The molecule has 146 valence electrons. The first kappa shape index (κ1) is 19.9. The summed E-state index contributed by atoms with van der Waals surface area (Å²) < 4.78 is 28.6. The molecule has 9 heteroatoms. The monoisotopic (exact) mass is 410 g/mol. The van der Waals surface area contributed by atoms with Gasteiger partial charge in [-0.05, 0) is 49.6 Å². The molecule has 1 aliphatic rings. The Labute approximate surface area is 164 Å². The molecule has 1 fully saturated rings. The molecular formula is C18H23ClN4O3S. The molecule has 0 radical (unpaired) electrons. The van der Waals surface area contributed by atoms with Crippen LogP contribution in [0.1, 0.15) is 19.3 Å². The maximum absolute atomic E-state index is 12.7. The molecule has 1 aliphatic heterocycles. The van der Waals surface area contributed by atoms with Crippen LogP contribution in [0.15, 0.2) is 47.6 Å². The molecule has 27 heavy (non-hydrogen) atoms. The van der Waals surface area contributed by atoms with Crippen molar-refractivity contribution in [1.82, 2.24) is 19.4 Å². The maximum atomic E-state index is 12.7. The van der Waals surface area contributed by atoms with E-state index in [1.54, 1.807) is 18.3 Å². The van der Waals surface area contributed by atoms with Crippen molar-refractivity contribution in [3.63, 3.8) is 0 Å². The molecule has 1 saturated heterocycles. The molecule has 0 aliphatic carbocycles. The maximum Gasteiger partial charge on any atom is 0.243 e. The second-order valence-corrected chi connectivity index (χ2v) is 8.92. The lowest BCUT2D eigenvalue weighted by atomic mass is 9.97. The van der Waals surface area contributed by atoms with E-state index in [1.165, 1.54) is 16.4 Å². The first-order chi connectivity index (χ1) is 13.0. The van der Waals surface area contributed by atoms with Gasteiger partial charge in [-0.3, -0.25) is 9.48 Å². The van der Waals surface area contributed by atoms with E-state index in [0.717, 1.165) is 13.0 Å². The number of carbonyl (C=O) groups is 1. The van der Waals surface area contributed by atoms with Crippen molar-refractivity contribution >= 4 is 27.5 Å².